The quantitative estimate of drug-likeness (QED) is 0.667. The van der Waals surface area contributed by atoms with Gasteiger partial charge in [0.05, 0.1) is 24.9 Å². The van der Waals surface area contributed by atoms with Crippen molar-refractivity contribution in [1.29, 1.82) is 0 Å². The van der Waals surface area contributed by atoms with Crippen molar-refractivity contribution in [2.24, 2.45) is 0 Å². The van der Waals surface area contributed by atoms with Gasteiger partial charge in [-0.2, -0.15) is 0 Å². The number of anilines is 1. The van der Waals surface area contributed by atoms with E-state index in [0.29, 0.717) is 0 Å². The van der Waals surface area contributed by atoms with Crippen molar-refractivity contribution in [3.05, 3.63) is 52.3 Å². The van der Waals surface area contributed by atoms with Gasteiger partial charge in [0.25, 0.3) is 10.0 Å². The zero-order valence-electron chi connectivity index (χ0n) is 13.7. The number of rotatable bonds is 6. The van der Waals surface area contributed by atoms with Crippen LogP contribution in [-0.2, 0) is 19.6 Å². The molecule has 0 saturated heterocycles. The predicted molar refractivity (Wildman–Crippen MR) is 96.0 cm³/mol. The largest absolute Gasteiger partial charge is 0.495 e. The molecule has 0 spiro atoms. The number of ether oxygens (including phenoxy) is 2. The van der Waals surface area contributed by atoms with Crippen LogP contribution in [0.5, 0.6) is 5.75 Å². The summed E-state index contributed by atoms with van der Waals surface area (Å²) in [5.74, 6) is -1.18. The maximum Gasteiger partial charge on any atom is 0.326 e. The topological polar surface area (TPSA) is 72.9 Å². The van der Waals surface area contributed by atoms with Gasteiger partial charge < -0.3 is 9.47 Å². The third-order valence-electron chi connectivity index (χ3n) is 3.41. The molecule has 0 heterocycles. The SMILES string of the molecule is COC(=O)CN(c1ccc(F)cc1)S(=O)(=O)c1ccc(OC)c(Cl)c1Cl. The van der Waals surface area contributed by atoms with Crippen molar-refractivity contribution in [2.75, 3.05) is 25.1 Å². The third-order valence-corrected chi connectivity index (χ3v) is 6.21. The summed E-state index contributed by atoms with van der Waals surface area (Å²) in [5, 5.41) is -0.352. The molecular weight excluding hydrogens is 408 g/mol. The summed E-state index contributed by atoms with van der Waals surface area (Å²) in [4.78, 5) is 11.4. The first kappa shape index (κ1) is 20.3. The smallest absolute Gasteiger partial charge is 0.326 e. The Hall–Kier alpha value is -2.03. The lowest BCUT2D eigenvalue weighted by Crippen LogP contribution is -2.36. The average molecular weight is 422 g/mol. The number of hydrogen-bond donors (Lipinski definition) is 0. The van der Waals surface area contributed by atoms with Gasteiger partial charge >= 0.3 is 5.97 Å². The molecule has 0 amide bonds. The Labute approximate surface area is 160 Å². The van der Waals surface area contributed by atoms with E-state index < -0.39 is 28.4 Å². The zero-order chi connectivity index (χ0) is 19.5. The van der Waals surface area contributed by atoms with Crippen molar-refractivity contribution >= 4 is 44.9 Å². The number of sulfonamides is 1. The van der Waals surface area contributed by atoms with E-state index in [0.717, 1.165) is 23.5 Å². The molecule has 10 heteroatoms. The molecule has 26 heavy (non-hydrogen) atoms. The monoisotopic (exact) mass is 421 g/mol. The molecular formula is C16H14Cl2FNO5S. The van der Waals surface area contributed by atoms with Crippen LogP contribution in [0.4, 0.5) is 10.1 Å². The van der Waals surface area contributed by atoms with Crippen LogP contribution in [0.1, 0.15) is 0 Å². The fourth-order valence-electron chi connectivity index (χ4n) is 2.09. The molecule has 0 bridgehead atoms. The van der Waals surface area contributed by atoms with E-state index in [-0.39, 0.29) is 26.4 Å². The average Bonchev–Trinajstić information content (AvgIpc) is 2.62. The van der Waals surface area contributed by atoms with Gasteiger partial charge in [0.15, 0.2) is 0 Å². The minimum Gasteiger partial charge on any atom is -0.495 e. The van der Waals surface area contributed by atoms with Crippen LogP contribution in [0.25, 0.3) is 0 Å². The summed E-state index contributed by atoms with van der Waals surface area (Å²) >= 11 is 12.1. The number of nitrogens with zero attached hydrogens (tertiary/aromatic N) is 1. The molecule has 6 nitrogen and oxygen atoms in total. The first-order chi connectivity index (χ1) is 12.2. The molecule has 0 atom stereocenters. The maximum absolute atomic E-state index is 13.2. The normalized spacial score (nSPS) is 11.1. The van der Waals surface area contributed by atoms with Gasteiger partial charge in [-0.15, -0.1) is 0 Å². The van der Waals surface area contributed by atoms with Gasteiger partial charge in [-0.3, -0.25) is 9.10 Å². The number of carbonyl (C=O) groups is 1. The molecule has 0 saturated carbocycles. The highest BCUT2D eigenvalue weighted by molar-refractivity contribution is 7.93. The van der Waals surface area contributed by atoms with Crippen molar-refractivity contribution in [3.8, 4) is 5.75 Å². The Balaban J connectivity index is 2.61. The highest BCUT2D eigenvalue weighted by atomic mass is 35.5. The zero-order valence-corrected chi connectivity index (χ0v) is 16.0. The van der Waals surface area contributed by atoms with Crippen LogP contribution in [0, 0.1) is 5.82 Å². The van der Waals surface area contributed by atoms with E-state index in [9.17, 15) is 17.6 Å². The molecule has 0 radical (unpaired) electrons. The molecule has 0 aliphatic carbocycles. The van der Waals surface area contributed by atoms with Crippen LogP contribution in [-0.4, -0.2) is 35.2 Å². The van der Waals surface area contributed by atoms with Gasteiger partial charge in [0, 0.05) is 0 Å². The summed E-state index contributed by atoms with van der Waals surface area (Å²) in [5.41, 5.74) is 0.0554. The van der Waals surface area contributed by atoms with Gasteiger partial charge in [-0.25, -0.2) is 12.8 Å². The van der Waals surface area contributed by atoms with Crippen molar-refractivity contribution in [3.63, 3.8) is 0 Å². The van der Waals surface area contributed by atoms with Gasteiger partial charge in [-0.05, 0) is 36.4 Å². The van der Waals surface area contributed by atoms with Crippen LogP contribution < -0.4 is 9.04 Å². The first-order valence-electron chi connectivity index (χ1n) is 7.09. The fraction of sp³-hybridized carbons (Fsp3) is 0.188. The number of halogens is 3. The molecule has 0 N–H and O–H groups in total. The summed E-state index contributed by atoms with van der Waals surface area (Å²) in [7, 11) is -1.84. The number of esters is 1. The lowest BCUT2D eigenvalue weighted by atomic mass is 10.3. The Morgan fingerprint density at radius 3 is 2.23 bits per heavy atom. The van der Waals surface area contributed by atoms with Gasteiger partial charge in [0.2, 0.25) is 0 Å². The molecule has 0 aliphatic heterocycles. The lowest BCUT2D eigenvalue weighted by Gasteiger charge is -2.24. The van der Waals surface area contributed by atoms with Crippen LogP contribution in [0.15, 0.2) is 41.3 Å². The van der Waals surface area contributed by atoms with Crippen molar-refractivity contribution in [2.45, 2.75) is 4.90 Å². The Bertz CT molecular complexity index is 919. The third kappa shape index (κ3) is 4.03. The highest BCUT2D eigenvalue weighted by Gasteiger charge is 2.31. The molecule has 0 aliphatic rings. The summed E-state index contributed by atoms with van der Waals surface area (Å²) in [6.45, 7) is -0.634. The summed E-state index contributed by atoms with van der Waals surface area (Å²) in [6.07, 6.45) is 0. The standard InChI is InChI=1S/C16H14Cl2FNO5S/c1-24-12-7-8-13(16(18)15(12)17)26(22,23)20(9-14(21)25-2)11-5-3-10(19)4-6-11/h3-8H,9H2,1-2H3. The van der Waals surface area contributed by atoms with E-state index in [1.165, 1.54) is 31.4 Å². The van der Waals surface area contributed by atoms with Gasteiger partial charge in [-0.1, -0.05) is 23.2 Å². The van der Waals surface area contributed by atoms with Crippen molar-refractivity contribution in [1.82, 2.24) is 0 Å². The molecule has 2 aromatic rings. The minimum absolute atomic E-state index is 0.0554. The van der Waals surface area contributed by atoms with E-state index in [2.05, 4.69) is 4.74 Å². The lowest BCUT2D eigenvalue weighted by molar-refractivity contribution is -0.138. The molecule has 0 aromatic heterocycles. The second kappa shape index (κ2) is 8.11. The van der Waals surface area contributed by atoms with Crippen LogP contribution in [0.2, 0.25) is 10.0 Å². The van der Waals surface area contributed by atoms with Gasteiger partial charge in [0.1, 0.15) is 28.0 Å². The second-order valence-electron chi connectivity index (χ2n) is 4.96. The highest BCUT2D eigenvalue weighted by Crippen LogP contribution is 2.38. The molecule has 2 aromatic carbocycles. The molecule has 140 valence electrons. The maximum atomic E-state index is 13.2. The number of carbonyl (C=O) groups excluding carboxylic acids is 1. The second-order valence-corrected chi connectivity index (χ2v) is 7.54. The molecule has 0 unspecified atom stereocenters. The van der Waals surface area contributed by atoms with Crippen LogP contribution in [0.3, 0.4) is 0 Å². The summed E-state index contributed by atoms with van der Waals surface area (Å²) in [6, 6.07) is 7.11. The number of hydrogen-bond acceptors (Lipinski definition) is 5. The van der Waals surface area contributed by atoms with Crippen LogP contribution >= 0.6 is 23.2 Å². The van der Waals surface area contributed by atoms with E-state index in [1.807, 2.05) is 0 Å². The minimum atomic E-state index is -4.31. The van der Waals surface area contributed by atoms with E-state index >= 15 is 0 Å². The summed E-state index contributed by atoms with van der Waals surface area (Å²) < 4.78 is 49.6. The Morgan fingerprint density at radius 1 is 1.08 bits per heavy atom. The molecule has 0 fully saturated rings. The Morgan fingerprint density at radius 2 is 1.69 bits per heavy atom. The van der Waals surface area contributed by atoms with E-state index in [4.69, 9.17) is 27.9 Å². The molecule has 2 rings (SSSR count). The fourth-order valence-corrected chi connectivity index (χ4v) is 4.32. The van der Waals surface area contributed by atoms with E-state index in [1.54, 1.807) is 0 Å². The first-order valence-corrected chi connectivity index (χ1v) is 9.29. The number of benzene rings is 2. The van der Waals surface area contributed by atoms with Crippen molar-refractivity contribution < 1.29 is 27.1 Å². The number of methoxy groups -OCH3 is 2. The predicted octanol–water partition coefficient (Wildman–Crippen LogP) is 3.51. The Kier molecular flexibility index (Phi) is 6.33.